The molecule has 1 unspecified atom stereocenters. The predicted molar refractivity (Wildman–Crippen MR) is 79.4 cm³/mol. The van der Waals surface area contributed by atoms with E-state index in [0.29, 0.717) is 35.6 Å². The fourth-order valence-corrected chi connectivity index (χ4v) is 2.03. The third kappa shape index (κ3) is 2.72. The molecule has 20 heavy (non-hydrogen) atoms. The van der Waals surface area contributed by atoms with Crippen LogP contribution in [0.25, 0.3) is 10.9 Å². The second kappa shape index (κ2) is 5.61. The molecule has 0 saturated carbocycles. The van der Waals surface area contributed by atoms with Crippen LogP contribution in [0, 0.1) is 17.2 Å². The topological polar surface area (TPSA) is 98.8 Å². The molecule has 0 saturated heterocycles. The maximum absolute atomic E-state index is 12.1. The highest BCUT2D eigenvalue weighted by Crippen LogP contribution is 2.15. The van der Waals surface area contributed by atoms with Crippen molar-refractivity contribution in [2.24, 2.45) is 5.92 Å². The van der Waals surface area contributed by atoms with Crippen molar-refractivity contribution in [2.45, 2.75) is 13.8 Å². The standard InChI is InChI=1S/C14H17N5O/c1-3-19(8-9(2)7-15)14-17-12-5-4-10(16)6-11(12)13(20)18-14/h4-6,9H,3,8,16H2,1-2H3,(H,17,18,20). The van der Waals surface area contributed by atoms with Gasteiger partial charge in [0.15, 0.2) is 0 Å². The molecule has 2 rings (SSSR count). The van der Waals surface area contributed by atoms with E-state index in [1.807, 2.05) is 18.7 Å². The van der Waals surface area contributed by atoms with E-state index in [-0.39, 0.29) is 11.5 Å². The van der Waals surface area contributed by atoms with Gasteiger partial charge in [-0.3, -0.25) is 9.78 Å². The second-order valence-corrected chi connectivity index (χ2v) is 4.73. The number of benzene rings is 1. The van der Waals surface area contributed by atoms with Crippen LogP contribution in [0.5, 0.6) is 0 Å². The Hall–Kier alpha value is -2.55. The first kappa shape index (κ1) is 13.9. The maximum Gasteiger partial charge on any atom is 0.260 e. The number of nitrogens with one attached hydrogen (secondary N) is 1. The average Bonchev–Trinajstić information content (AvgIpc) is 2.45. The van der Waals surface area contributed by atoms with Gasteiger partial charge in [0.2, 0.25) is 5.95 Å². The molecule has 1 heterocycles. The van der Waals surface area contributed by atoms with Gasteiger partial charge in [0.05, 0.1) is 22.9 Å². The van der Waals surface area contributed by atoms with Crippen LogP contribution >= 0.6 is 0 Å². The van der Waals surface area contributed by atoms with E-state index in [1.54, 1.807) is 18.2 Å². The van der Waals surface area contributed by atoms with Gasteiger partial charge in [-0.25, -0.2) is 4.98 Å². The summed E-state index contributed by atoms with van der Waals surface area (Å²) in [5.41, 5.74) is 6.58. The minimum Gasteiger partial charge on any atom is -0.399 e. The van der Waals surface area contributed by atoms with Crippen LogP contribution in [-0.2, 0) is 0 Å². The summed E-state index contributed by atoms with van der Waals surface area (Å²) in [4.78, 5) is 21.2. The van der Waals surface area contributed by atoms with E-state index < -0.39 is 0 Å². The second-order valence-electron chi connectivity index (χ2n) is 4.73. The van der Waals surface area contributed by atoms with Crippen LogP contribution in [0.15, 0.2) is 23.0 Å². The summed E-state index contributed by atoms with van der Waals surface area (Å²) in [6, 6.07) is 7.23. The van der Waals surface area contributed by atoms with Gasteiger partial charge in [0, 0.05) is 18.8 Å². The molecule has 0 radical (unpaired) electrons. The Balaban J connectivity index is 2.47. The highest BCUT2D eigenvalue weighted by molar-refractivity contribution is 5.81. The molecule has 3 N–H and O–H groups in total. The Morgan fingerprint density at radius 2 is 2.30 bits per heavy atom. The van der Waals surface area contributed by atoms with Crippen molar-refractivity contribution in [2.75, 3.05) is 23.7 Å². The predicted octanol–water partition coefficient (Wildman–Crippen LogP) is 1.49. The number of rotatable bonds is 4. The maximum atomic E-state index is 12.1. The molecule has 104 valence electrons. The summed E-state index contributed by atoms with van der Waals surface area (Å²) in [6.45, 7) is 4.98. The first-order valence-electron chi connectivity index (χ1n) is 6.49. The minimum absolute atomic E-state index is 0.137. The molecular formula is C14H17N5O. The fraction of sp³-hybridized carbons (Fsp3) is 0.357. The lowest BCUT2D eigenvalue weighted by molar-refractivity contribution is 0.671. The number of anilines is 2. The summed E-state index contributed by atoms with van der Waals surface area (Å²) in [6.07, 6.45) is 0. The Morgan fingerprint density at radius 3 is 2.95 bits per heavy atom. The van der Waals surface area contributed by atoms with Crippen molar-refractivity contribution >= 4 is 22.5 Å². The summed E-state index contributed by atoms with van der Waals surface area (Å²) >= 11 is 0. The van der Waals surface area contributed by atoms with Gasteiger partial charge < -0.3 is 10.6 Å². The lowest BCUT2D eigenvalue weighted by atomic mass is 10.2. The molecule has 6 nitrogen and oxygen atoms in total. The Kier molecular flexibility index (Phi) is 3.89. The van der Waals surface area contributed by atoms with E-state index in [2.05, 4.69) is 16.0 Å². The van der Waals surface area contributed by atoms with Crippen molar-refractivity contribution < 1.29 is 0 Å². The van der Waals surface area contributed by atoms with E-state index in [1.165, 1.54) is 0 Å². The average molecular weight is 271 g/mol. The van der Waals surface area contributed by atoms with E-state index in [0.717, 1.165) is 0 Å². The molecule has 0 aliphatic heterocycles. The number of fused-ring (bicyclic) bond motifs is 1. The molecule has 0 aliphatic rings. The lowest BCUT2D eigenvalue weighted by Crippen LogP contribution is -2.31. The van der Waals surface area contributed by atoms with Crippen LogP contribution in [0.4, 0.5) is 11.6 Å². The number of nitrogen functional groups attached to an aromatic ring is 1. The summed E-state index contributed by atoms with van der Waals surface area (Å²) in [7, 11) is 0. The van der Waals surface area contributed by atoms with Crippen molar-refractivity contribution in [1.82, 2.24) is 9.97 Å². The van der Waals surface area contributed by atoms with Crippen molar-refractivity contribution in [3.05, 3.63) is 28.6 Å². The molecule has 0 bridgehead atoms. The van der Waals surface area contributed by atoms with E-state index in [4.69, 9.17) is 11.0 Å². The Morgan fingerprint density at radius 1 is 1.55 bits per heavy atom. The van der Waals surface area contributed by atoms with Crippen LogP contribution in [0.3, 0.4) is 0 Å². The van der Waals surface area contributed by atoms with Gasteiger partial charge in [0.25, 0.3) is 5.56 Å². The molecule has 6 heteroatoms. The number of nitrogens with two attached hydrogens (primary N) is 1. The SMILES string of the molecule is CCN(CC(C)C#N)c1nc2ccc(N)cc2c(=O)[nH]1. The molecule has 0 fully saturated rings. The number of H-pyrrole nitrogens is 1. The fourth-order valence-electron chi connectivity index (χ4n) is 2.03. The van der Waals surface area contributed by atoms with Crippen molar-refractivity contribution in [3.8, 4) is 6.07 Å². The van der Waals surface area contributed by atoms with Gasteiger partial charge in [-0.15, -0.1) is 0 Å². The zero-order valence-corrected chi connectivity index (χ0v) is 11.6. The zero-order chi connectivity index (χ0) is 14.7. The number of nitrogens with zero attached hydrogens (tertiary/aromatic N) is 3. The molecule has 1 aromatic heterocycles. The molecule has 1 aromatic carbocycles. The monoisotopic (exact) mass is 271 g/mol. The van der Waals surface area contributed by atoms with Gasteiger partial charge in [-0.2, -0.15) is 5.26 Å². The number of nitriles is 1. The molecule has 1 atom stereocenters. The largest absolute Gasteiger partial charge is 0.399 e. The van der Waals surface area contributed by atoms with Crippen LogP contribution in [-0.4, -0.2) is 23.1 Å². The van der Waals surface area contributed by atoms with Crippen molar-refractivity contribution in [3.63, 3.8) is 0 Å². The summed E-state index contributed by atoms with van der Waals surface area (Å²) in [5, 5.41) is 9.37. The minimum atomic E-state index is -0.222. The number of hydrogen-bond acceptors (Lipinski definition) is 5. The summed E-state index contributed by atoms with van der Waals surface area (Å²) in [5.74, 6) is 0.347. The third-order valence-corrected chi connectivity index (χ3v) is 3.11. The van der Waals surface area contributed by atoms with Crippen LogP contribution in [0.2, 0.25) is 0 Å². The molecule has 0 aliphatic carbocycles. The first-order chi connectivity index (χ1) is 9.55. The highest BCUT2D eigenvalue weighted by atomic mass is 16.1. The molecule has 0 spiro atoms. The third-order valence-electron chi connectivity index (χ3n) is 3.11. The van der Waals surface area contributed by atoms with Crippen molar-refractivity contribution in [1.29, 1.82) is 5.26 Å². The number of aromatic nitrogens is 2. The molecular weight excluding hydrogens is 254 g/mol. The highest BCUT2D eigenvalue weighted by Gasteiger charge is 2.13. The normalized spacial score (nSPS) is 12.1. The number of aromatic amines is 1. The lowest BCUT2D eigenvalue weighted by Gasteiger charge is -2.22. The smallest absolute Gasteiger partial charge is 0.260 e. The molecule has 2 aromatic rings. The van der Waals surface area contributed by atoms with Gasteiger partial charge in [-0.05, 0) is 32.0 Å². The van der Waals surface area contributed by atoms with E-state index in [9.17, 15) is 4.79 Å². The zero-order valence-electron chi connectivity index (χ0n) is 11.6. The van der Waals surface area contributed by atoms with Crippen LogP contribution in [0.1, 0.15) is 13.8 Å². The first-order valence-corrected chi connectivity index (χ1v) is 6.49. The quantitative estimate of drug-likeness (QED) is 0.821. The molecule has 0 amide bonds. The Labute approximate surface area is 116 Å². The van der Waals surface area contributed by atoms with Gasteiger partial charge in [-0.1, -0.05) is 0 Å². The summed E-state index contributed by atoms with van der Waals surface area (Å²) < 4.78 is 0. The Bertz CT molecular complexity index is 716. The van der Waals surface area contributed by atoms with Crippen LogP contribution < -0.4 is 16.2 Å². The van der Waals surface area contributed by atoms with Gasteiger partial charge in [0.1, 0.15) is 0 Å². The van der Waals surface area contributed by atoms with E-state index >= 15 is 0 Å². The number of hydrogen-bond donors (Lipinski definition) is 2. The van der Waals surface area contributed by atoms with Gasteiger partial charge >= 0.3 is 0 Å².